The zero-order valence-corrected chi connectivity index (χ0v) is 12.2. The van der Waals surface area contributed by atoms with Crippen LogP contribution in [0.1, 0.15) is 31.2 Å². The standard InChI is InChI=1S/C16H20N4O/c17-11-13-3-4-15(18-12-13)19-9-5-14(6-10-19)16(21)20-7-1-2-8-20/h3-4,12,14H,1-2,5-10H2. The number of hydrogen-bond donors (Lipinski definition) is 0. The van der Waals surface area contributed by atoms with Crippen LogP contribution in [0, 0.1) is 17.2 Å². The van der Waals surface area contributed by atoms with Gasteiger partial charge >= 0.3 is 0 Å². The highest BCUT2D eigenvalue weighted by Crippen LogP contribution is 2.24. The Balaban J connectivity index is 1.57. The molecule has 0 aromatic carbocycles. The number of aromatic nitrogens is 1. The molecule has 5 nitrogen and oxygen atoms in total. The molecule has 3 rings (SSSR count). The molecule has 1 aromatic rings. The van der Waals surface area contributed by atoms with Gasteiger partial charge in [0.1, 0.15) is 11.9 Å². The second kappa shape index (κ2) is 6.13. The largest absolute Gasteiger partial charge is 0.357 e. The van der Waals surface area contributed by atoms with E-state index in [0.29, 0.717) is 11.5 Å². The molecule has 0 aliphatic carbocycles. The van der Waals surface area contributed by atoms with E-state index in [0.717, 1.165) is 57.7 Å². The highest BCUT2D eigenvalue weighted by molar-refractivity contribution is 5.79. The molecule has 2 fully saturated rings. The number of carbonyl (C=O) groups excluding carboxylic acids is 1. The van der Waals surface area contributed by atoms with E-state index in [9.17, 15) is 4.79 Å². The van der Waals surface area contributed by atoms with Crippen molar-refractivity contribution in [1.29, 1.82) is 5.26 Å². The average molecular weight is 284 g/mol. The number of likely N-dealkylation sites (tertiary alicyclic amines) is 1. The summed E-state index contributed by atoms with van der Waals surface area (Å²) in [6.45, 7) is 3.61. The second-order valence-electron chi connectivity index (χ2n) is 5.81. The summed E-state index contributed by atoms with van der Waals surface area (Å²) < 4.78 is 0. The lowest BCUT2D eigenvalue weighted by Crippen LogP contribution is -2.41. The first-order valence-corrected chi connectivity index (χ1v) is 7.68. The molecule has 1 amide bonds. The minimum atomic E-state index is 0.178. The van der Waals surface area contributed by atoms with Crippen molar-refractivity contribution in [3.05, 3.63) is 23.9 Å². The summed E-state index contributed by atoms with van der Waals surface area (Å²) in [6.07, 6.45) is 5.71. The molecule has 0 spiro atoms. The van der Waals surface area contributed by atoms with E-state index in [4.69, 9.17) is 5.26 Å². The van der Waals surface area contributed by atoms with Gasteiger partial charge in [-0.05, 0) is 37.8 Å². The van der Waals surface area contributed by atoms with Gasteiger partial charge in [-0.15, -0.1) is 0 Å². The number of rotatable bonds is 2. The second-order valence-corrected chi connectivity index (χ2v) is 5.81. The van der Waals surface area contributed by atoms with Gasteiger partial charge in [0.25, 0.3) is 0 Å². The van der Waals surface area contributed by atoms with E-state index in [2.05, 4.69) is 16.0 Å². The summed E-state index contributed by atoms with van der Waals surface area (Å²) in [7, 11) is 0. The number of nitrogens with zero attached hydrogens (tertiary/aromatic N) is 4. The Kier molecular flexibility index (Phi) is 4.05. The van der Waals surface area contributed by atoms with E-state index in [1.54, 1.807) is 12.3 Å². The van der Waals surface area contributed by atoms with Crippen LogP contribution in [-0.2, 0) is 4.79 Å². The Morgan fingerprint density at radius 3 is 2.48 bits per heavy atom. The van der Waals surface area contributed by atoms with Crippen LogP contribution in [0.25, 0.3) is 0 Å². The van der Waals surface area contributed by atoms with Crippen LogP contribution < -0.4 is 4.90 Å². The lowest BCUT2D eigenvalue weighted by atomic mass is 9.95. The maximum atomic E-state index is 12.4. The molecule has 21 heavy (non-hydrogen) atoms. The van der Waals surface area contributed by atoms with Crippen molar-refractivity contribution in [2.45, 2.75) is 25.7 Å². The van der Waals surface area contributed by atoms with Gasteiger partial charge in [-0.3, -0.25) is 4.79 Å². The third-order valence-corrected chi connectivity index (χ3v) is 4.46. The molecule has 2 aliphatic heterocycles. The summed E-state index contributed by atoms with van der Waals surface area (Å²) >= 11 is 0. The fourth-order valence-electron chi connectivity index (χ4n) is 3.19. The van der Waals surface area contributed by atoms with E-state index >= 15 is 0 Å². The van der Waals surface area contributed by atoms with E-state index in [1.165, 1.54) is 0 Å². The first kappa shape index (κ1) is 13.9. The van der Waals surface area contributed by atoms with Crippen molar-refractivity contribution < 1.29 is 4.79 Å². The fraction of sp³-hybridized carbons (Fsp3) is 0.562. The van der Waals surface area contributed by atoms with Crippen LogP contribution in [0.15, 0.2) is 18.3 Å². The van der Waals surface area contributed by atoms with Gasteiger partial charge in [-0.25, -0.2) is 4.98 Å². The Labute approximate surface area is 125 Å². The molecule has 110 valence electrons. The molecular formula is C16H20N4O. The van der Waals surface area contributed by atoms with Crippen LogP contribution in [-0.4, -0.2) is 42.0 Å². The summed E-state index contributed by atoms with van der Waals surface area (Å²) in [6, 6.07) is 5.76. The van der Waals surface area contributed by atoms with Crippen molar-refractivity contribution in [2.24, 2.45) is 5.92 Å². The smallest absolute Gasteiger partial charge is 0.225 e. The molecule has 0 saturated carbocycles. The quantitative estimate of drug-likeness (QED) is 0.830. The number of carbonyl (C=O) groups is 1. The summed E-state index contributed by atoms with van der Waals surface area (Å²) in [5.41, 5.74) is 0.581. The molecule has 2 saturated heterocycles. The molecule has 2 aliphatic rings. The molecular weight excluding hydrogens is 264 g/mol. The van der Waals surface area contributed by atoms with Crippen LogP contribution in [0.4, 0.5) is 5.82 Å². The summed E-state index contributed by atoms with van der Waals surface area (Å²) in [5.74, 6) is 1.43. The lowest BCUT2D eigenvalue weighted by Gasteiger charge is -2.33. The predicted octanol–water partition coefficient (Wildman–Crippen LogP) is 1.79. The summed E-state index contributed by atoms with van der Waals surface area (Å²) in [5, 5.41) is 8.79. The highest BCUT2D eigenvalue weighted by Gasteiger charge is 2.30. The first-order valence-electron chi connectivity index (χ1n) is 7.68. The number of piperidine rings is 1. The molecule has 0 unspecified atom stereocenters. The van der Waals surface area contributed by atoms with Crippen LogP contribution in [0.2, 0.25) is 0 Å². The number of hydrogen-bond acceptors (Lipinski definition) is 4. The van der Waals surface area contributed by atoms with Crippen LogP contribution in [0.3, 0.4) is 0 Å². The predicted molar refractivity (Wildman–Crippen MR) is 79.7 cm³/mol. The molecule has 0 bridgehead atoms. The molecule has 3 heterocycles. The number of pyridine rings is 1. The van der Waals surface area contributed by atoms with Crippen molar-refractivity contribution in [2.75, 3.05) is 31.1 Å². The average Bonchev–Trinajstić information content (AvgIpc) is 3.09. The Hall–Kier alpha value is -2.09. The van der Waals surface area contributed by atoms with Gasteiger partial charge in [0, 0.05) is 38.3 Å². The van der Waals surface area contributed by atoms with Crippen molar-refractivity contribution in [3.63, 3.8) is 0 Å². The minimum Gasteiger partial charge on any atom is -0.357 e. The Morgan fingerprint density at radius 1 is 1.19 bits per heavy atom. The van der Waals surface area contributed by atoms with Gasteiger partial charge in [0.2, 0.25) is 5.91 Å². The summed E-state index contributed by atoms with van der Waals surface area (Å²) in [4.78, 5) is 20.9. The molecule has 0 radical (unpaired) electrons. The van der Waals surface area contributed by atoms with Crippen molar-refractivity contribution >= 4 is 11.7 Å². The highest BCUT2D eigenvalue weighted by atomic mass is 16.2. The van der Waals surface area contributed by atoms with E-state index in [1.807, 2.05) is 11.0 Å². The van der Waals surface area contributed by atoms with Gasteiger partial charge in [-0.2, -0.15) is 5.26 Å². The fourth-order valence-corrected chi connectivity index (χ4v) is 3.19. The molecule has 0 atom stereocenters. The Morgan fingerprint density at radius 2 is 1.90 bits per heavy atom. The van der Waals surface area contributed by atoms with Gasteiger partial charge in [-0.1, -0.05) is 0 Å². The van der Waals surface area contributed by atoms with Crippen molar-refractivity contribution in [1.82, 2.24) is 9.88 Å². The number of anilines is 1. The molecule has 1 aromatic heterocycles. The number of nitriles is 1. The van der Waals surface area contributed by atoms with Crippen LogP contribution in [0.5, 0.6) is 0 Å². The minimum absolute atomic E-state index is 0.178. The monoisotopic (exact) mass is 284 g/mol. The van der Waals surface area contributed by atoms with Crippen LogP contribution >= 0.6 is 0 Å². The lowest BCUT2D eigenvalue weighted by molar-refractivity contribution is -0.135. The third kappa shape index (κ3) is 2.99. The van der Waals surface area contributed by atoms with E-state index < -0.39 is 0 Å². The third-order valence-electron chi connectivity index (χ3n) is 4.46. The SMILES string of the molecule is N#Cc1ccc(N2CCC(C(=O)N3CCCC3)CC2)nc1. The zero-order valence-electron chi connectivity index (χ0n) is 12.2. The zero-order chi connectivity index (χ0) is 14.7. The maximum Gasteiger partial charge on any atom is 0.225 e. The topological polar surface area (TPSA) is 60.2 Å². The maximum absolute atomic E-state index is 12.4. The van der Waals surface area contributed by atoms with E-state index in [-0.39, 0.29) is 5.92 Å². The van der Waals surface area contributed by atoms with Gasteiger partial charge < -0.3 is 9.80 Å². The van der Waals surface area contributed by atoms with Crippen molar-refractivity contribution in [3.8, 4) is 6.07 Å². The van der Waals surface area contributed by atoms with Gasteiger partial charge in [0.15, 0.2) is 0 Å². The first-order chi connectivity index (χ1) is 10.3. The normalized spacial score (nSPS) is 19.6. The van der Waals surface area contributed by atoms with Gasteiger partial charge in [0.05, 0.1) is 5.56 Å². The molecule has 5 heteroatoms. The Bertz CT molecular complexity index is 534. The molecule has 0 N–H and O–H groups in total. The number of amides is 1.